The topological polar surface area (TPSA) is 319 Å². The van der Waals surface area contributed by atoms with Gasteiger partial charge in [0.15, 0.2) is 17.5 Å². The maximum absolute atomic E-state index is 14.9. The van der Waals surface area contributed by atoms with Crippen LogP contribution in [0.15, 0.2) is 71.8 Å². The Morgan fingerprint density at radius 1 is 0.918 bits per heavy atom. The number of fused-ring (bicyclic) bond motifs is 5. The van der Waals surface area contributed by atoms with Crippen molar-refractivity contribution in [2.75, 3.05) is 6.61 Å². The number of amides is 1. The van der Waals surface area contributed by atoms with Crippen molar-refractivity contribution in [2.45, 2.75) is 128 Å². The van der Waals surface area contributed by atoms with Gasteiger partial charge >= 0.3 is 24.0 Å². The minimum Gasteiger partial charge on any atom is -0.456 e. The number of nitrogens with one attached hydrogen (secondary N) is 1. The summed E-state index contributed by atoms with van der Waals surface area (Å²) in [6.07, 6.45) is -11.5. The van der Waals surface area contributed by atoms with Gasteiger partial charge in [0.25, 0.3) is 0 Å². The second kappa shape index (κ2) is 17.9. The van der Waals surface area contributed by atoms with Crippen molar-refractivity contribution in [2.24, 2.45) is 16.7 Å². The summed E-state index contributed by atoms with van der Waals surface area (Å²) >= 11 is 0. The summed E-state index contributed by atoms with van der Waals surface area (Å²) in [5.74, 6) is -5.36. The fourth-order valence-electron chi connectivity index (χ4n) is 9.56. The van der Waals surface area contributed by atoms with Crippen molar-refractivity contribution in [3.05, 3.63) is 82.9 Å². The summed E-state index contributed by atoms with van der Waals surface area (Å²) < 4.78 is 29.5. The molecule has 0 aromatic heterocycles. The predicted octanol–water partition coefficient (Wildman–Crippen LogP) is 0.786. The third-order valence-electron chi connectivity index (χ3n) is 12.6. The molecule has 3 fully saturated rings. The largest absolute Gasteiger partial charge is 0.456 e. The van der Waals surface area contributed by atoms with Crippen molar-refractivity contribution in [1.82, 2.24) is 5.32 Å². The maximum Gasteiger partial charge on any atom is 0.408 e. The molecule has 1 saturated heterocycles. The lowest BCUT2D eigenvalue weighted by molar-refractivity contribution is -0.346. The van der Waals surface area contributed by atoms with Crippen molar-refractivity contribution < 1.29 is 84.5 Å². The van der Waals surface area contributed by atoms with E-state index in [2.05, 4.69) is 5.32 Å². The molecule has 4 aliphatic rings. The molecule has 3 aliphatic carbocycles. The number of esters is 3. The van der Waals surface area contributed by atoms with Crippen LogP contribution >= 0.6 is 0 Å². The minimum atomic E-state index is -2.35. The number of alkyl carbamates (subject to hydrolysis) is 1. The molecule has 61 heavy (non-hydrogen) atoms. The van der Waals surface area contributed by atoms with Gasteiger partial charge in [-0.3, -0.25) is 9.59 Å². The number of aliphatic hydroxyl groups is 4. The smallest absolute Gasteiger partial charge is 0.408 e. The molecule has 1 amide bonds. The Bertz CT molecular complexity index is 1980. The van der Waals surface area contributed by atoms with E-state index in [1.165, 1.54) is 26.0 Å². The number of ketones is 1. The highest BCUT2D eigenvalue weighted by molar-refractivity contribution is 5.94. The molecule has 18 heteroatoms. The lowest BCUT2D eigenvalue weighted by Crippen LogP contribution is -2.81. The predicted molar refractivity (Wildman–Crippen MR) is 214 cm³/mol. The van der Waals surface area contributed by atoms with Gasteiger partial charge in [-0.2, -0.15) is 0 Å². The second-order valence-corrected chi connectivity index (χ2v) is 17.6. The van der Waals surface area contributed by atoms with Crippen LogP contribution in [0.3, 0.4) is 0 Å². The number of carbonyl (C=O) groups excluding carboxylic acids is 5. The summed E-state index contributed by atoms with van der Waals surface area (Å²) in [6, 6.07) is 14.6. The Hall–Kier alpha value is -4.79. The highest BCUT2D eigenvalue weighted by Gasteiger charge is 2.78. The summed E-state index contributed by atoms with van der Waals surface area (Å²) in [5.41, 5.74) is -8.14. The van der Waals surface area contributed by atoms with Crippen LogP contribution in [0.2, 0.25) is 0 Å². The van der Waals surface area contributed by atoms with Crippen LogP contribution in [0.4, 0.5) is 4.79 Å². The van der Waals surface area contributed by atoms with E-state index in [1.54, 1.807) is 83.1 Å². The van der Waals surface area contributed by atoms with E-state index < -0.39 is 112 Å². The fraction of sp³-hybridized carbons (Fsp3) is 0.558. The van der Waals surface area contributed by atoms with Crippen molar-refractivity contribution in [1.29, 1.82) is 0 Å². The van der Waals surface area contributed by atoms with Gasteiger partial charge in [-0.05, 0) is 63.5 Å². The number of hydrogen-bond donors (Lipinski definition) is 5. The zero-order valence-electron chi connectivity index (χ0n) is 35.4. The summed E-state index contributed by atoms with van der Waals surface area (Å²) in [4.78, 5) is 68.9. The van der Waals surface area contributed by atoms with E-state index >= 15 is 0 Å². The van der Waals surface area contributed by atoms with Gasteiger partial charge in [-0.25, -0.2) is 14.4 Å². The molecule has 6 rings (SSSR count). The first-order valence-electron chi connectivity index (χ1n) is 19.3. The van der Waals surface area contributed by atoms with Crippen LogP contribution in [0.25, 0.3) is 0 Å². The molecule has 11 atom stereocenters. The molecule has 2 aromatic carbocycles. The van der Waals surface area contributed by atoms with Crippen molar-refractivity contribution >= 4 is 29.8 Å². The Kier molecular flexibility index (Phi) is 14.8. The summed E-state index contributed by atoms with van der Waals surface area (Å²) in [7, 11) is 0. The lowest BCUT2D eigenvalue weighted by atomic mass is 9.44. The van der Waals surface area contributed by atoms with Gasteiger partial charge in [-0.1, -0.05) is 62.4 Å². The summed E-state index contributed by atoms with van der Waals surface area (Å²) in [5, 5.41) is 51.6. The molecule has 2 bridgehead atoms. The highest BCUT2D eigenvalue weighted by Crippen LogP contribution is 2.64. The third kappa shape index (κ3) is 8.55. The van der Waals surface area contributed by atoms with E-state index in [1.807, 2.05) is 0 Å². The van der Waals surface area contributed by atoms with Gasteiger partial charge < -0.3 is 65.9 Å². The molecule has 8 unspecified atom stereocenters. The molecule has 2 aromatic rings. The van der Waals surface area contributed by atoms with Gasteiger partial charge in [0.2, 0.25) is 0 Å². The minimum absolute atomic E-state index is 0. The van der Waals surface area contributed by atoms with E-state index in [9.17, 15) is 44.4 Å². The van der Waals surface area contributed by atoms with Crippen LogP contribution in [-0.4, -0.2) is 127 Å². The zero-order chi connectivity index (χ0) is 42.7. The number of ether oxygens (including phenoxy) is 5. The van der Waals surface area contributed by atoms with Gasteiger partial charge in [0.1, 0.15) is 35.6 Å². The standard InChI is InChI=1S/C43H53NO14.3H2O/c1-22-26(55-37(51)32(48)30(24-15-11-9-12-16-24)44-38(52)58-39(3,4)5)20-43(53)35(56-36(50)25-17-13-10-14-18-25)33-41(8,34(49)31(47)29(22)40(43,6)7)27(46)19-28-42(33,21-54-28)57-23(2)45;;;/h9-18,26-28,30-33,35,46-48,53H,19-21H2,1-8H3,(H,44,52);3*1H2/t26?,27?,28?,30?,31?,32?,33?,35?,41-,42+,43+;;;/m1.../s1. The molecule has 0 radical (unpaired) electrons. The van der Waals surface area contributed by atoms with Crippen LogP contribution in [0, 0.1) is 16.7 Å². The zero-order valence-corrected chi connectivity index (χ0v) is 35.4. The second-order valence-electron chi connectivity index (χ2n) is 17.6. The fourth-order valence-corrected chi connectivity index (χ4v) is 9.56. The average molecular weight is 862 g/mol. The Morgan fingerprint density at radius 2 is 1.49 bits per heavy atom. The van der Waals surface area contributed by atoms with Crippen molar-refractivity contribution in [3.8, 4) is 0 Å². The quantitative estimate of drug-likeness (QED) is 0.139. The third-order valence-corrected chi connectivity index (χ3v) is 12.6. The highest BCUT2D eigenvalue weighted by atomic mass is 16.6. The molecule has 18 nitrogen and oxygen atoms in total. The SMILES string of the molecule is CC(=O)O[C@@]12COC1CC(O)[C@@]1(C)C(=O)C(O)C3=C(C)C(OC(=O)C(O)C(NC(=O)OC(C)(C)C)c4ccccc4)C[C@](O)(C(OC(=O)c4ccccc4)C21)C3(C)C.O.O.O. The van der Waals surface area contributed by atoms with Crippen molar-refractivity contribution in [3.63, 3.8) is 0 Å². The molecular weight excluding hydrogens is 802 g/mol. The Morgan fingerprint density at radius 3 is 2.02 bits per heavy atom. The molecular formula is C43H59NO17. The monoisotopic (exact) mass is 861 g/mol. The van der Waals surface area contributed by atoms with Crippen LogP contribution in [0.5, 0.6) is 0 Å². The van der Waals surface area contributed by atoms with E-state index in [0.29, 0.717) is 5.56 Å². The molecule has 1 aliphatic heterocycles. The number of carbonyl (C=O) groups is 5. The van der Waals surface area contributed by atoms with Crippen LogP contribution in [-0.2, 0) is 38.1 Å². The lowest BCUT2D eigenvalue weighted by Gasteiger charge is -2.67. The molecule has 0 spiro atoms. The van der Waals surface area contributed by atoms with Crippen LogP contribution < -0.4 is 5.32 Å². The van der Waals surface area contributed by atoms with Gasteiger partial charge in [0, 0.05) is 25.2 Å². The number of rotatable bonds is 8. The van der Waals surface area contributed by atoms with E-state index in [-0.39, 0.29) is 46.2 Å². The maximum atomic E-state index is 14.9. The Balaban J connectivity index is 0.00000331. The van der Waals surface area contributed by atoms with E-state index in [4.69, 9.17) is 23.7 Å². The molecule has 11 N–H and O–H groups in total. The molecule has 338 valence electrons. The first-order chi connectivity index (χ1) is 27.0. The molecule has 2 saturated carbocycles. The number of aliphatic hydroxyl groups excluding tert-OH is 3. The summed E-state index contributed by atoms with van der Waals surface area (Å²) in [6.45, 7) is 11.8. The number of hydrogen-bond acceptors (Lipinski definition) is 14. The molecule has 1 heterocycles. The van der Waals surface area contributed by atoms with E-state index in [0.717, 1.165) is 6.92 Å². The first kappa shape index (κ1) is 50.6. The average Bonchev–Trinajstić information content (AvgIpc) is 3.14. The number of Topliss-reactive ketones (excluding diaryl/α,β-unsaturated/α-hetero) is 1. The normalized spacial score (nSPS) is 32.0. The van der Waals surface area contributed by atoms with Crippen LogP contribution in [0.1, 0.15) is 90.2 Å². The van der Waals surface area contributed by atoms with Gasteiger partial charge in [0.05, 0.1) is 35.6 Å². The number of benzene rings is 2. The van der Waals surface area contributed by atoms with Gasteiger partial charge in [-0.15, -0.1) is 0 Å². The Labute approximate surface area is 353 Å². The first-order valence-corrected chi connectivity index (χ1v) is 19.3.